The van der Waals surface area contributed by atoms with Crippen LogP contribution in [0.5, 0.6) is 0 Å². The second-order valence-electron chi connectivity index (χ2n) is 5.15. The Balaban J connectivity index is 2.16. The van der Waals surface area contributed by atoms with Crippen molar-refractivity contribution in [3.63, 3.8) is 0 Å². The van der Waals surface area contributed by atoms with Crippen LogP contribution in [0.15, 0.2) is 18.2 Å². The van der Waals surface area contributed by atoms with E-state index in [1.807, 2.05) is 0 Å². The molecule has 0 amide bonds. The van der Waals surface area contributed by atoms with Gasteiger partial charge in [-0.25, -0.2) is 8.78 Å². The molecule has 1 aliphatic rings. The van der Waals surface area contributed by atoms with Crippen LogP contribution in [0.3, 0.4) is 0 Å². The van der Waals surface area contributed by atoms with Gasteiger partial charge in [-0.3, -0.25) is 4.90 Å². The summed E-state index contributed by atoms with van der Waals surface area (Å²) in [6, 6.07) is 3.63. The smallest absolute Gasteiger partial charge is 0.127 e. The van der Waals surface area contributed by atoms with Crippen molar-refractivity contribution in [2.75, 3.05) is 19.6 Å². The number of hydrogen-bond acceptors (Lipinski definition) is 2. The number of piperazine rings is 1. The van der Waals surface area contributed by atoms with Gasteiger partial charge in [-0.2, -0.15) is 0 Å². The summed E-state index contributed by atoms with van der Waals surface area (Å²) < 4.78 is 26.7. The second kappa shape index (κ2) is 4.70. The summed E-state index contributed by atoms with van der Waals surface area (Å²) in [5, 5.41) is 3.31. The van der Waals surface area contributed by atoms with Crippen molar-refractivity contribution >= 4 is 0 Å². The molecule has 0 spiro atoms. The van der Waals surface area contributed by atoms with E-state index in [1.165, 1.54) is 12.1 Å². The summed E-state index contributed by atoms with van der Waals surface area (Å²) >= 11 is 0. The van der Waals surface area contributed by atoms with Gasteiger partial charge in [0.15, 0.2) is 0 Å². The number of nitrogens with one attached hydrogen (secondary N) is 1. The fraction of sp³-hybridized carbons (Fsp3) is 0.538. The van der Waals surface area contributed by atoms with Crippen molar-refractivity contribution < 1.29 is 8.78 Å². The van der Waals surface area contributed by atoms with Crippen molar-refractivity contribution in [3.8, 4) is 0 Å². The Kier molecular flexibility index (Phi) is 3.45. The average Bonchev–Trinajstić information content (AvgIpc) is 2.26. The molecule has 0 unspecified atom stereocenters. The summed E-state index contributed by atoms with van der Waals surface area (Å²) in [4.78, 5) is 2.18. The molecule has 0 radical (unpaired) electrons. The van der Waals surface area contributed by atoms with Crippen LogP contribution in [0.2, 0.25) is 0 Å². The maximum absolute atomic E-state index is 13.6. The zero-order chi connectivity index (χ0) is 12.5. The molecule has 1 aromatic rings. The molecule has 1 fully saturated rings. The van der Waals surface area contributed by atoms with E-state index in [0.717, 1.165) is 25.7 Å². The van der Waals surface area contributed by atoms with Gasteiger partial charge in [0.1, 0.15) is 11.6 Å². The van der Waals surface area contributed by atoms with E-state index in [4.69, 9.17) is 0 Å². The van der Waals surface area contributed by atoms with Crippen LogP contribution in [-0.4, -0.2) is 30.1 Å². The van der Waals surface area contributed by atoms with Crippen LogP contribution < -0.4 is 5.32 Å². The Bertz CT molecular complexity index is 404. The van der Waals surface area contributed by atoms with E-state index >= 15 is 0 Å². The minimum atomic E-state index is -0.380. The van der Waals surface area contributed by atoms with Crippen LogP contribution in [0.4, 0.5) is 8.78 Å². The minimum Gasteiger partial charge on any atom is -0.314 e. The molecule has 17 heavy (non-hydrogen) atoms. The van der Waals surface area contributed by atoms with Crippen LogP contribution in [0.25, 0.3) is 0 Å². The number of hydrogen-bond donors (Lipinski definition) is 1. The molecule has 2 nitrogen and oxygen atoms in total. The van der Waals surface area contributed by atoms with Gasteiger partial charge in [-0.1, -0.05) is 0 Å². The highest BCUT2D eigenvalue weighted by atomic mass is 19.1. The lowest BCUT2D eigenvalue weighted by Gasteiger charge is -2.42. The fourth-order valence-electron chi connectivity index (χ4n) is 2.19. The fourth-order valence-corrected chi connectivity index (χ4v) is 2.19. The molecule has 0 saturated carbocycles. The summed E-state index contributed by atoms with van der Waals surface area (Å²) in [6.45, 7) is 7.28. The Labute approximate surface area is 101 Å². The van der Waals surface area contributed by atoms with Crippen molar-refractivity contribution in [1.29, 1.82) is 0 Å². The van der Waals surface area contributed by atoms with Crippen molar-refractivity contribution in [1.82, 2.24) is 10.2 Å². The topological polar surface area (TPSA) is 15.3 Å². The van der Waals surface area contributed by atoms with Crippen LogP contribution in [0.1, 0.15) is 19.4 Å². The van der Waals surface area contributed by atoms with E-state index in [0.29, 0.717) is 12.1 Å². The van der Waals surface area contributed by atoms with Crippen LogP contribution >= 0.6 is 0 Å². The largest absolute Gasteiger partial charge is 0.314 e. The summed E-state index contributed by atoms with van der Waals surface area (Å²) in [5.41, 5.74) is 0.400. The Hall–Kier alpha value is -1.00. The van der Waals surface area contributed by atoms with Crippen LogP contribution in [0, 0.1) is 11.6 Å². The Morgan fingerprint density at radius 1 is 1.35 bits per heavy atom. The third kappa shape index (κ3) is 2.82. The van der Waals surface area contributed by atoms with E-state index in [1.54, 1.807) is 0 Å². The highest BCUT2D eigenvalue weighted by Crippen LogP contribution is 2.21. The molecular weight excluding hydrogens is 222 g/mol. The van der Waals surface area contributed by atoms with Crippen molar-refractivity contribution in [2.45, 2.75) is 25.9 Å². The quantitative estimate of drug-likeness (QED) is 0.852. The zero-order valence-electron chi connectivity index (χ0n) is 10.3. The molecule has 1 heterocycles. The molecule has 1 N–H and O–H groups in total. The van der Waals surface area contributed by atoms with Gasteiger partial charge in [0.2, 0.25) is 0 Å². The monoisotopic (exact) mass is 240 g/mol. The summed E-state index contributed by atoms with van der Waals surface area (Å²) in [7, 11) is 0. The van der Waals surface area contributed by atoms with Gasteiger partial charge in [0.05, 0.1) is 0 Å². The first-order chi connectivity index (χ1) is 7.99. The molecule has 0 atom stereocenters. The van der Waals surface area contributed by atoms with Gasteiger partial charge < -0.3 is 5.32 Å². The molecule has 1 aromatic carbocycles. The molecule has 1 aliphatic heterocycles. The van der Waals surface area contributed by atoms with Gasteiger partial charge in [-0.05, 0) is 32.0 Å². The minimum absolute atomic E-state index is 0.0307. The van der Waals surface area contributed by atoms with E-state index in [9.17, 15) is 8.78 Å². The maximum atomic E-state index is 13.6. The first kappa shape index (κ1) is 12.5. The molecular formula is C13H18F2N2. The van der Waals surface area contributed by atoms with Crippen molar-refractivity contribution in [2.24, 2.45) is 0 Å². The third-order valence-electron chi connectivity index (χ3n) is 3.34. The second-order valence-corrected chi connectivity index (χ2v) is 5.15. The number of nitrogens with zero attached hydrogens (tertiary/aromatic N) is 1. The Morgan fingerprint density at radius 3 is 2.82 bits per heavy atom. The lowest BCUT2D eigenvalue weighted by Crippen LogP contribution is -2.57. The van der Waals surface area contributed by atoms with Gasteiger partial charge in [0, 0.05) is 37.3 Å². The SMILES string of the molecule is CC1(C)CNCCN1Cc1cc(F)ccc1F. The highest BCUT2D eigenvalue weighted by Gasteiger charge is 2.29. The van der Waals surface area contributed by atoms with Crippen molar-refractivity contribution in [3.05, 3.63) is 35.4 Å². The molecule has 0 aliphatic carbocycles. The molecule has 4 heteroatoms. The standard InChI is InChI=1S/C13H18F2N2/c1-13(2)9-16-5-6-17(13)8-10-7-11(14)3-4-12(10)15/h3-4,7,16H,5-6,8-9H2,1-2H3. The molecule has 0 aromatic heterocycles. The molecule has 94 valence electrons. The normalized spacial score (nSPS) is 20.5. The zero-order valence-corrected chi connectivity index (χ0v) is 10.3. The molecule has 0 bridgehead atoms. The first-order valence-corrected chi connectivity index (χ1v) is 5.89. The maximum Gasteiger partial charge on any atom is 0.127 e. The lowest BCUT2D eigenvalue weighted by atomic mass is 9.99. The van der Waals surface area contributed by atoms with E-state index < -0.39 is 0 Å². The average molecular weight is 240 g/mol. The number of halogens is 2. The van der Waals surface area contributed by atoms with Gasteiger partial charge in [0.25, 0.3) is 0 Å². The summed E-state index contributed by atoms with van der Waals surface area (Å²) in [6.07, 6.45) is 0. The lowest BCUT2D eigenvalue weighted by molar-refractivity contribution is 0.0815. The Morgan fingerprint density at radius 2 is 2.12 bits per heavy atom. The first-order valence-electron chi connectivity index (χ1n) is 5.89. The molecule has 2 rings (SSSR count). The van der Waals surface area contributed by atoms with Gasteiger partial charge >= 0.3 is 0 Å². The predicted molar refractivity (Wildman–Crippen MR) is 63.7 cm³/mol. The number of rotatable bonds is 2. The third-order valence-corrected chi connectivity index (χ3v) is 3.34. The molecule has 1 saturated heterocycles. The number of benzene rings is 1. The highest BCUT2D eigenvalue weighted by molar-refractivity contribution is 5.19. The van der Waals surface area contributed by atoms with E-state index in [2.05, 4.69) is 24.1 Å². The predicted octanol–water partition coefficient (Wildman–Crippen LogP) is 2.15. The summed E-state index contributed by atoms with van der Waals surface area (Å²) in [5.74, 6) is -0.713. The van der Waals surface area contributed by atoms with Gasteiger partial charge in [-0.15, -0.1) is 0 Å². The van der Waals surface area contributed by atoms with Crippen LogP contribution in [-0.2, 0) is 6.54 Å². The van der Waals surface area contributed by atoms with E-state index in [-0.39, 0.29) is 17.2 Å².